The molecule has 0 aliphatic carbocycles. The van der Waals surface area contributed by atoms with Crippen LogP contribution in [-0.4, -0.2) is 12.3 Å². The lowest BCUT2D eigenvalue weighted by atomic mass is 10.4. The van der Waals surface area contributed by atoms with Crippen LogP contribution in [0.2, 0.25) is 0 Å². The summed E-state index contributed by atoms with van der Waals surface area (Å²) in [6.45, 7) is 6.09. The van der Waals surface area contributed by atoms with Crippen LogP contribution in [0.3, 0.4) is 0 Å². The molecular weight excluding hydrogens is 102 g/mol. The Balaban J connectivity index is 0. The highest BCUT2D eigenvalue weighted by molar-refractivity contribution is 5.74. The van der Waals surface area contributed by atoms with Crippen LogP contribution in [0.15, 0.2) is 0 Å². The zero-order chi connectivity index (χ0) is 6.99. The fourth-order valence-electron chi connectivity index (χ4n) is 0. The van der Waals surface area contributed by atoms with Crippen LogP contribution < -0.4 is 5.73 Å². The van der Waals surface area contributed by atoms with E-state index in [1.165, 1.54) is 0 Å². The minimum Gasteiger partial charge on any atom is -0.331 e. The molecule has 0 bridgehead atoms. The van der Waals surface area contributed by atoms with Crippen LogP contribution in [0, 0.1) is 0 Å². The number of Topliss-reactive ketones (excluding diaryl/α,β-unsaturated/α-hetero) is 1. The van der Waals surface area contributed by atoms with E-state index in [4.69, 9.17) is 5.73 Å². The monoisotopic (exact) mass is 117 g/mol. The second kappa shape index (κ2) is 9.80. The molecule has 2 nitrogen and oxygen atoms in total. The molecule has 0 rings (SSSR count). The van der Waals surface area contributed by atoms with Crippen molar-refractivity contribution in [2.45, 2.75) is 27.2 Å². The van der Waals surface area contributed by atoms with Gasteiger partial charge in [0.1, 0.15) is 5.78 Å². The summed E-state index contributed by atoms with van der Waals surface area (Å²) in [5.74, 6) is 0.255. The second-order valence-electron chi connectivity index (χ2n) is 1.46. The summed E-state index contributed by atoms with van der Waals surface area (Å²) in [6.07, 6.45) is 0.667. The summed E-state index contributed by atoms with van der Waals surface area (Å²) < 4.78 is 0. The Bertz CT molecular complexity index is 52.5. The molecule has 0 amide bonds. The van der Waals surface area contributed by atoms with Crippen molar-refractivity contribution in [1.82, 2.24) is 0 Å². The van der Waals surface area contributed by atoms with Crippen molar-refractivity contribution in [3.05, 3.63) is 0 Å². The molecule has 0 radical (unpaired) electrons. The Kier molecular flexibility index (Phi) is 13.0. The Morgan fingerprint density at radius 1 is 1.50 bits per heavy atom. The number of nitrogens with two attached hydrogens (primary N) is 1. The van der Waals surface area contributed by atoms with E-state index in [0.29, 0.717) is 6.42 Å². The third-order valence-corrected chi connectivity index (χ3v) is 0.498. The zero-order valence-corrected chi connectivity index (χ0v) is 5.90. The highest BCUT2D eigenvalue weighted by Crippen LogP contribution is 1.71. The fraction of sp³-hybridized carbons (Fsp3) is 0.833. The molecule has 0 atom stereocenters. The predicted molar refractivity (Wildman–Crippen MR) is 35.7 cm³/mol. The Labute approximate surface area is 51.1 Å². The van der Waals surface area contributed by atoms with Gasteiger partial charge in [-0.1, -0.05) is 13.8 Å². The van der Waals surface area contributed by atoms with Crippen molar-refractivity contribution in [3.8, 4) is 0 Å². The second-order valence-corrected chi connectivity index (χ2v) is 1.46. The topological polar surface area (TPSA) is 43.1 Å². The van der Waals surface area contributed by atoms with E-state index in [9.17, 15) is 4.79 Å². The number of hydrogen-bond acceptors (Lipinski definition) is 2. The van der Waals surface area contributed by atoms with Gasteiger partial charge in [-0.3, -0.25) is 0 Å². The number of ketones is 1. The molecule has 0 saturated heterocycles. The molecule has 0 aromatic heterocycles. The molecule has 0 aromatic rings. The fourth-order valence-corrected chi connectivity index (χ4v) is 0. The van der Waals surface area contributed by atoms with E-state index in [2.05, 4.69) is 0 Å². The van der Waals surface area contributed by atoms with Crippen LogP contribution in [0.4, 0.5) is 0 Å². The number of rotatable bonds is 1. The molecule has 0 saturated carbocycles. The van der Waals surface area contributed by atoms with Gasteiger partial charge in [0.2, 0.25) is 0 Å². The van der Waals surface area contributed by atoms with E-state index in [1.54, 1.807) is 6.92 Å². The maximum absolute atomic E-state index is 9.81. The van der Waals surface area contributed by atoms with Crippen LogP contribution in [0.1, 0.15) is 27.2 Å². The normalized spacial score (nSPS) is 7.00. The van der Waals surface area contributed by atoms with Gasteiger partial charge in [0, 0.05) is 6.42 Å². The molecule has 0 aromatic carbocycles. The van der Waals surface area contributed by atoms with Gasteiger partial charge in [-0.05, 0) is 13.5 Å². The lowest BCUT2D eigenvalue weighted by Crippen LogP contribution is -1.87. The van der Waals surface area contributed by atoms with E-state index in [-0.39, 0.29) is 5.78 Å². The van der Waals surface area contributed by atoms with Crippen molar-refractivity contribution in [3.63, 3.8) is 0 Å². The van der Waals surface area contributed by atoms with E-state index >= 15 is 0 Å². The van der Waals surface area contributed by atoms with Gasteiger partial charge in [-0.2, -0.15) is 0 Å². The first-order valence-corrected chi connectivity index (χ1v) is 2.88. The average molecular weight is 117 g/mol. The number of carbonyl (C=O) groups is 1. The first-order chi connectivity index (χ1) is 3.68. The van der Waals surface area contributed by atoms with Gasteiger partial charge in [-0.25, -0.2) is 0 Å². The van der Waals surface area contributed by atoms with Gasteiger partial charge < -0.3 is 10.5 Å². The third-order valence-electron chi connectivity index (χ3n) is 0.498. The van der Waals surface area contributed by atoms with E-state index in [1.807, 2.05) is 13.8 Å². The molecule has 8 heavy (non-hydrogen) atoms. The maximum atomic E-state index is 9.81. The molecule has 0 spiro atoms. The summed E-state index contributed by atoms with van der Waals surface area (Å²) in [5.41, 5.74) is 4.85. The summed E-state index contributed by atoms with van der Waals surface area (Å²) in [4.78, 5) is 9.81. The molecule has 2 N–H and O–H groups in total. The van der Waals surface area contributed by atoms with Crippen LogP contribution in [0.5, 0.6) is 0 Å². The minimum absolute atomic E-state index is 0.255. The van der Waals surface area contributed by atoms with Gasteiger partial charge in [-0.15, -0.1) is 0 Å². The van der Waals surface area contributed by atoms with Crippen molar-refractivity contribution >= 4 is 5.78 Å². The minimum atomic E-state index is 0.255. The Morgan fingerprint density at radius 3 is 1.62 bits per heavy atom. The maximum Gasteiger partial charge on any atom is 0.129 e. The lowest BCUT2D eigenvalue weighted by molar-refractivity contribution is -0.116. The molecule has 0 unspecified atom stereocenters. The van der Waals surface area contributed by atoms with E-state index in [0.717, 1.165) is 6.54 Å². The smallest absolute Gasteiger partial charge is 0.129 e. The Morgan fingerprint density at radius 2 is 1.62 bits per heavy atom. The third kappa shape index (κ3) is 45.4. The molecule has 0 heterocycles. The quantitative estimate of drug-likeness (QED) is 0.555. The lowest BCUT2D eigenvalue weighted by Gasteiger charge is -1.71. The van der Waals surface area contributed by atoms with Gasteiger partial charge in [0.15, 0.2) is 0 Å². The van der Waals surface area contributed by atoms with Crippen molar-refractivity contribution < 1.29 is 4.79 Å². The van der Waals surface area contributed by atoms with Crippen LogP contribution in [0.25, 0.3) is 0 Å². The predicted octanol–water partition coefficient (Wildman–Crippen LogP) is 0.950. The van der Waals surface area contributed by atoms with Gasteiger partial charge in [0.25, 0.3) is 0 Å². The molecule has 50 valence electrons. The highest BCUT2D eigenvalue weighted by Gasteiger charge is 1.76. The van der Waals surface area contributed by atoms with E-state index < -0.39 is 0 Å². The highest BCUT2D eigenvalue weighted by atomic mass is 16.1. The summed E-state index contributed by atoms with van der Waals surface area (Å²) >= 11 is 0. The first kappa shape index (κ1) is 10.6. The summed E-state index contributed by atoms with van der Waals surface area (Å²) in [5, 5.41) is 0. The standard InChI is InChI=1S/C4H8O.C2H7N/c1-3-4(2)5;1-2-3/h3H2,1-2H3;2-3H2,1H3. The number of carbonyl (C=O) groups excluding carboxylic acids is 1. The zero-order valence-electron chi connectivity index (χ0n) is 5.90. The summed E-state index contributed by atoms with van der Waals surface area (Å²) in [7, 11) is 0. The molecule has 2 heteroatoms. The largest absolute Gasteiger partial charge is 0.331 e. The van der Waals surface area contributed by atoms with Gasteiger partial charge in [0.05, 0.1) is 0 Å². The average Bonchev–Trinajstić information content (AvgIpc) is 1.69. The van der Waals surface area contributed by atoms with Crippen molar-refractivity contribution in [2.24, 2.45) is 5.73 Å². The van der Waals surface area contributed by atoms with Crippen LogP contribution >= 0.6 is 0 Å². The Hall–Kier alpha value is -0.370. The molecule has 0 aliphatic rings. The number of hydrogen-bond donors (Lipinski definition) is 1. The van der Waals surface area contributed by atoms with Crippen molar-refractivity contribution in [2.75, 3.05) is 6.54 Å². The molecule has 0 fully saturated rings. The first-order valence-electron chi connectivity index (χ1n) is 2.88. The van der Waals surface area contributed by atoms with Crippen molar-refractivity contribution in [1.29, 1.82) is 0 Å². The summed E-state index contributed by atoms with van der Waals surface area (Å²) in [6, 6.07) is 0. The van der Waals surface area contributed by atoms with Crippen LogP contribution in [-0.2, 0) is 4.79 Å². The SMILES string of the molecule is CCC(C)=O.CCN. The van der Waals surface area contributed by atoms with Gasteiger partial charge >= 0.3 is 0 Å². The molecule has 0 aliphatic heterocycles. The molecular formula is C6H15NO.